The Bertz CT molecular complexity index is 1190. The third-order valence-electron chi connectivity index (χ3n) is 5.00. The van der Waals surface area contributed by atoms with E-state index in [2.05, 4.69) is 10.0 Å². The van der Waals surface area contributed by atoms with Crippen molar-refractivity contribution in [2.45, 2.75) is 24.9 Å². The number of nitrogens with one attached hydrogen (secondary N) is 2. The minimum atomic E-state index is -3.78. The highest BCUT2D eigenvalue weighted by molar-refractivity contribution is 7.89. The number of benzene rings is 3. The number of rotatable bonds is 9. The highest BCUT2D eigenvalue weighted by Gasteiger charge is 2.18. The Balaban J connectivity index is 1.76. The number of ether oxygens (including phenoxy) is 2. The van der Waals surface area contributed by atoms with E-state index in [1.54, 1.807) is 45.4 Å². The van der Waals surface area contributed by atoms with Gasteiger partial charge in [-0.15, -0.1) is 0 Å². The fraction of sp³-hybridized carbons (Fsp3) is 0.208. The fourth-order valence-electron chi connectivity index (χ4n) is 3.16. The fourth-order valence-corrected chi connectivity index (χ4v) is 4.20. The van der Waals surface area contributed by atoms with Crippen molar-refractivity contribution in [3.8, 4) is 11.5 Å². The van der Waals surface area contributed by atoms with E-state index in [1.807, 2.05) is 30.3 Å². The van der Waals surface area contributed by atoms with Crippen LogP contribution in [-0.2, 0) is 23.1 Å². The number of methoxy groups -OCH3 is 2. The van der Waals surface area contributed by atoms with Crippen LogP contribution in [0, 0.1) is 6.92 Å². The smallest absolute Gasteiger partial charge is 0.251 e. The lowest BCUT2D eigenvalue weighted by molar-refractivity contribution is 0.0950. The molecule has 0 radical (unpaired) electrons. The van der Waals surface area contributed by atoms with Gasteiger partial charge >= 0.3 is 0 Å². The number of sulfonamides is 1. The van der Waals surface area contributed by atoms with Crippen molar-refractivity contribution in [3.05, 3.63) is 89.0 Å². The number of aryl methyl sites for hydroxylation is 1. The SMILES string of the molecule is COc1ccc(OC)c(CNC(=O)c2cc(S(=O)(=O)NCc3ccccc3)ccc2C)c1. The first-order valence-electron chi connectivity index (χ1n) is 9.97. The number of amides is 1. The van der Waals surface area contributed by atoms with Gasteiger partial charge < -0.3 is 14.8 Å². The summed E-state index contributed by atoms with van der Waals surface area (Å²) in [6, 6.07) is 19.0. The summed E-state index contributed by atoms with van der Waals surface area (Å²) >= 11 is 0. The summed E-state index contributed by atoms with van der Waals surface area (Å²) in [5, 5.41) is 2.83. The number of hydrogen-bond donors (Lipinski definition) is 2. The zero-order valence-corrected chi connectivity index (χ0v) is 19.0. The Morgan fingerprint density at radius 2 is 1.66 bits per heavy atom. The third-order valence-corrected chi connectivity index (χ3v) is 6.40. The molecule has 2 N–H and O–H groups in total. The first-order chi connectivity index (χ1) is 15.3. The maximum atomic E-state index is 12.9. The van der Waals surface area contributed by atoms with E-state index in [9.17, 15) is 13.2 Å². The van der Waals surface area contributed by atoms with Crippen LogP contribution in [0.4, 0.5) is 0 Å². The van der Waals surface area contributed by atoms with E-state index in [0.29, 0.717) is 17.1 Å². The van der Waals surface area contributed by atoms with Crippen LogP contribution in [0.2, 0.25) is 0 Å². The number of carbonyl (C=O) groups excluding carboxylic acids is 1. The largest absolute Gasteiger partial charge is 0.497 e. The average Bonchev–Trinajstić information content (AvgIpc) is 2.81. The van der Waals surface area contributed by atoms with Gasteiger partial charge in [0.2, 0.25) is 10.0 Å². The van der Waals surface area contributed by atoms with Gasteiger partial charge in [0.15, 0.2) is 0 Å². The highest BCUT2D eigenvalue weighted by Crippen LogP contribution is 2.24. The van der Waals surface area contributed by atoms with E-state index in [0.717, 1.165) is 11.1 Å². The number of hydrogen-bond acceptors (Lipinski definition) is 5. The molecule has 1 amide bonds. The summed E-state index contributed by atoms with van der Waals surface area (Å²) in [6.45, 7) is 2.12. The molecule has 0 fully saturated rings. The lowest BCUT2D eigenvalue weighted by atomic mass is 10.1. The van der Waals surface area contributed by atoms with E-state index < -0.39 is 10.0 Å². The van der Waals surface area contributed by atoms with Crippen LogP contribution in [-0.4, -0.2) is 28.5 Å². The summed E-state index contributed by atoms with van der Waals surface area (Å²) in [5.41, 5.74) is 2.54. The maximum absolute atomic E-state index is 12.9. The molecule has 3 aromatic carbocycles. The molecule has 0 bridgehead atoms. The Labute approximate surface area is 188 Å². The second-order valence-electron chi connectivity index (χ2n) is 7.15. The van der Waals surface area contributed by atoms with Crippen LogP contribution >= 0.6 is 0 Å². The van der Waals surface area contributed by atoms with Crippen molar-refractivity contribution in [1.82, 2.24) is 10.0 Å². The quantitative estimate of drug-likeness (QED) is 0.517. The van der Waals surface area contributed by atoms with Crippen LogP contribution in [0.5, 0.6) is 11.5 Å². The van der Waals surface area contributed by atoms with Crippen molar-refractivity contribution >= 4 is 15.9 Å². The zero-order valence-electron chi connectivity index (χ0n) is 18.2. The van der Waals surface area contributed by atoms with Gasteiger partial charge in [0.05, 0.1) is 19.1 Å². The summed E-state index contributed by atoms with van der Waals surface area (Å²) in [5.74, 6) is 0.876. The average molecular weight is 455 g/mol. The Kier molecular flexibility index (Phi) is 7.50. The molecule has 0 saturated heterocycles. The molecule has 7 nitrogen and oxygen atoms in total. The lowest BCUT2D eigenvalue weighted by Crippen LogP contribution is -2.26. The summed E-state index contributed by atoms with van der Waals surface area (Å²) in [4.78, 5) is 12.9. The molecule has 8 heteroatoms. The molecular formula is C24H26N2O5S. The molecule has 0 unspecified atom stereocenters. The highest BCUT2D eigenvalue weighted by atomic mass is 32.2. The predicted octanol–water partition coefficient (Wildman–Crippen LogP) is 3.42. The second-order valence-corrected chi connectivity index (χ2v) is 8.91. The van der Waals surface area contributed by atoms with E-state index in [1.165, 1.54) is 12.1 Å². The molecule has 168 valence electrons. The van der Waals surface area contributed by atoms with Gasteiger partial charge in [0, 0.05) is 24.2 Å². The first kappa shape index (κ1) is 23.3. The van der Waals surface area contributed by atoms with E-state index in [4.69, 9.17) is 9.47 Å². The minimum Gasteiger partial charge on any atom is -0.497 e. The van der Waals surface area contributed by atoms with Crippen molar-refractivity contribution < 1.29 is 22.7 Å². The van der Waals surface area contributed by atoms with Crippen LogP contribution in [0.25, 0.3) is 0 Å². The maximum Gasteiger partial charge on any atom is 0.251 e. The Morgan fingerprint density at radius 1 is 0.906 bits per heavy atom. The molecule has 0 aliphatic carbocycles. The standard InChI is InChI=1S/C24H26N2O5S/c1-17-9-11-21(32(28,29)26-15-18-7-5-4-6-8-18)14-22(17)24(27)25-16-19-13-20(30-2)10-12-23(19)31-3/h4-14,26H,15-16H2,1-3H3,(H,25,27). The van der Waals surface area contributed by atoms with Gasteiger partial charge in [0.1, 0.15) is 11.5 Å². The third kappa shape index (κ3) is 5.66. The summed E-state index contributed by atoms with van der Waals surface area (Å²) in [7, 11) is -0.674. The monoisotopic (exact) mass is 454 g/mol. The number of carbonyl (C=O) groups is 1. The van der Waals surface area contributed by atoms with Crippen LogP contribution in [0.3, 0.4) is 0 Å². The topological polar surface area (TPSA) is 93.7 Å². The predicted molar refractivity (Wildman–Crippen MR) is 122 cm³/mol. The van der Waals surface area contributed by atoms with Gasteiger partial charge in [-0.2, -0.15) is 0 Å². The molecule has 0 aliphatic heterocycles. The molecule has 0 aliphatic rings. The summed E-state index contributed by atoms with van der Waals surface area (Å²) in [6.07, 6.45) is 0. The lowest BCUT2D eigenvalue weighted by Gasteiger charge is -2.13. The zero-order chi connectivity index (χ0) is 23.1. The molecule has 32 heavy (non-hydrogen) atoms. The van der Waals surface area contributed by atoms with Crippen LogP contribution in [0.15, 0.2) is 71.6 Å². The summed E-state index contributed by atoms with van der Waals surface area (Å²) < 4.78 is 38.6. The normalized spacial score (nSPS) is 11.1. The second kappa shape index (κ2) is 10.3. The molecule has 0 heterocycles. The van der Waals surface area contributed by atoms with Crippen molar-refractivity contribution in [2.24, 2.45) is 0 Å². The molecule has 0 atom stereocenters. The first-order valence-corrected chi connectivity index (χ1v) is 11.5. The minimum absolute atomic E-state index is 0.0307. The van der Waals surface area contributed by atoms with Crippen molar-refractivity contribution in [1.29, 1.82) is 0 Å². The van der Waals surface area contributed by atoms with Crippen molar-refractivity contribution in [2.75, 3.05) is 14.2 Å². The van der Waals surface area contributed by atoms with Gasteiger partial charge in [-0.1, -0.05) is 36.4 Å². The Morgan fingerprint density at radius 3 is 2.34 bits per heavy atom. The van der Waals surface area contributed by atoms with Crippen LogP contribution < -0.4 is 19.5 Å². The van der Waals surface area contributed by atoms with Gasteiger partial charge in [-0.25, -0.2) is 13.1 Å². The van der Waals surface area contributed by atoms with Crippen molar-refractivity contribution in [3.63, 3.8) is 0 Å². The van der Waals surface area contributed by atoms with Gasteiger partial charge in [-0.3, -0.25) is 4.79 Å². The molecule has 3 aromatic rings. The molecule has 3 rings (SSSR count). The van der Waals surface area contributed by atoms with Gasteiger partial charge in [0.25, 0.3) is 5.91 Å². The van der Waals surface area contributed by atoms with Crippen LogP contribution in [0.1, 0.15) is 27.0 Å². The molecule has 0 aromatic heterocycles. The Hall–Kier alpha value is -3.36. The molecule has 0 saturated carbocycles. The molecule has 0 spiro atoms. The molecular weight excluding hydrogens is 428 g/mol. The van der Waals surface area contributed by atoms with E-state index in [-0.39, 0.29) is 29.5 Å². The van der Waals surface area contributed by atoms with E-state index >= 15 is 0 Å². The van der Waals surface area contributed by atoms with Gasteiger partial charge in [-0.05, 0) is 48.4 Å².